The molecule has 1 amide bonds. The van der Waals surface area contributed by atoms with Gasteiger partial charge in [0.2, 0.25) is 0 Å². The number of carbonyl (C=O) groups excluding carboxylic acids is 1. The summed E-state index contributed by atoms with van der Waals surface area (Å²) < 4.78 is 85.9. The molecule has 1 aliphatic rings. The normalized spacial score (nSPS) is 19.0. The molecule has 2 atom stereocenters. The Morgan fingerprint density at radius 1 is 1.08 bits per heavy atom. The van der Waals surface area contributed by atoms with E-state index in [9.17, 15) is 31.1 Å². The average molecular weight is 522 g/mol. The molecule has 1 aromatic heterocycles. The lowest BCUT2D eigenvalue weighted by atomic mass is 10.0. The number of likely N-dealkylation sites (tertiary alicyclic amines) is 1. The molecule has 0 saturated carbocycles. The Balaban J connectivity index is 1.99. The fourth-order valence-electron chi connectivity index (χ4n) is 4.11. The van der Waals surface area contributed by atoms with Gasteiger partial charge in [0, 0.05) is 19.1 Å². The lowest BCUT2D eigenvalue weighted by Crippen LogP contribution is -2.42. The predicted octanol–water partition coefficient (Wildman–Crippen LogP) is 5.04. The Labute approximate surface area is 204 Å². The molecule has 1 saturated heterocycles. The number of aromatic nitrogens is 4. The van der Waals surface area contributed by atoms with Gasteiger partial charge in [0.15, 0.2) is 0 Å². The smallest absolute Gasteiger partial charge is 0.416 e. The van der Waals surface area contributed by atoms with Crippen molar-refractivity contribution in [3.8, 4) is 0 Å². The van der Waals surface area contributed by atoms with Gasteiger partial charge in [-0.3, -0.25) is 0 Å². The number of aryl methyl sites for hydroxylation is 1. The molecular formula is C22H28F6N6O2. The van der Waals surface area contributed by atoms with Crippen LogP contribution in [-0.2, 0) is 30.7 Å². The zero-order valence-corrected chi connectivity index (χ0v) is 20.5. The van der Waals surface area contributed by atoms with Gasteiger partial charge in [-0.15, -0.1) is 5.10 Å². The first-order valence-electron chi connectivity index (χ1n) is 11.3. The molecule has 1 aromatic carbocycles. The highest BCUT2D eigenvalue weighted by Crippen LogP contribution is 2.37. The second-order valence-electron chi connectivity index (χ2n) is 9.71. The number of nitrogens with zero attached hydrogens (tertiary/aromatic N) is 6. The first kappa shape index (κ1) is 27.5. The van der Waals surface area contributed by atoms with E-state index in [0.717, 1.165) is 4.80 Å². The molecule has 14 heteroatoms. The molecule has 0 aliphatic carbocycles. The fourth-order valence-corrected chi connectivity index (χ4v) is 4.11. The van der Waals surface area contributed by atoms with Crippen molar-refractivity contribution in [2.75, 3.05) is 11.4 Å². The molecule has 2 aromatic rings. The van der Waals surface area contributed by atoms with Gasteiger partial charge in [-0.05, 0) is 62.6 Å². The highest BCUT2D eigenvalue weighted by molar-refractivity contribution is 5.69. The molecule has 0 spiro atoms. The van der Waals surface area contributed by atoms with E-state index in [-0.39, 0.29) is 36.7 Å². The van der Waals surface area contributed by atoms with E-state index >= 15 is 0 Å². The third kappa shape index (κ3) is 6.58. The van der Waals surface area contributed by atoms with Gasteiger partial charge in [-0.1, -0.05) is 12.0 Å². The quantitative estimate of drug-likeness (QED) is 0.512. The van der Waals surface area contributed by atoms with E-state index in [1.165, 1.54) is 16.8 Å². The molecular weight excluding hydrogens is 494 g/mol. The van der Waals surface area contributed by atoms with Crippen molar-refractivity contribution in [3.63, 3.8) is 0 Å². The standard InChI is InChI=1S/C22H28F6N6O2/c1-6-16-10-17(12-34(16)19(35)36-20(2,3)4)33(18-29-31-32(5)30-18)11-13-7-14(21(23,24)25)9-15(8-13)22(26,27)28/h7-9,16-17H,6,10-12H2,1-5H3/t16-,17?/m1/s1. The van der Waals surface area contributed by atoms with Crippen LogP contribution < -0.4 is 4.90 Å². The van der Waals surface area contributed by atoms with Crippen LogP contribution in [0, 0.1) is 0 Å². The van der Waals surface area contributed by atoms with Gasteiger partial charge in [-0.2, -0.15) is 31.1 Å². The second kappa shape index (κ2) is 9.77. The first-order chi connectivity index (χ1) is 16.5. The molecule has 200 valence electrons. The topological polar surface area (TPSA) is 76.4 Å². The monoisotopic (exact) mass is 522 g/mol. The SMILES string of the molecule is CC[C@@H]1CC(N(Cc2cc(C(F)(F)F)cc(C(F)(F)F)c2)c2nnn(C)n2)CN1C(=O)OC(C)(C)C. The zero-order chi connectivity index (χ0) is 27.1. The Bertz CT molecular complexity index is 1050. The third-order valence-corrected chi connectivity index (χ3v) is 5.69. The summed E-state index contributed by atoms with van der Waals surface area (Å²) in [6.45, 7) is 6.81. The minimum absolute atomic E-state index is 0.0226. The van der Waals surface area contributed by atoms with Crippen LogP contribution in [0.4, 0.5) is 37.1 Å². The Morgan fingerprint density at radius 2 is 1.67 bits per heavy atom. The molecule has 1 unspecified atom stereocenters. The first-order valence-corrected chi connectivity index (χ1v) is 11.3. The van der Waals surface area contributed by atoms with Crippen molar-refractivity contribution in [2.45, 2.75) is 77.1 Å². The number of benzene rings is 1. The van der Waals surface area contributed by atoms with E-state index in [1.807, 2.05) is 6.92 Å². The summed E-state index contributed by atoms with van der Waals surface area (Å²) in [6, 6.07) is 0.681. The molecule has 1 aliphatic heterocycles. The largest absolute Gasteiger partial charge is 0.444 e. The summed E-state index contributed by atoms with van der Waals surface area (Å²) in [4.78, 5) is 16.9. The number of amides is 1. The molecule has 2 heterocycles. The minimum Gasteiger partial charge on any atom is -0.444 e. The average Bonchev–Trinajstić information content (AvgIpc) is 3.35. The molecule has 0 bridgehead atoms. The molecule has 3 rings (SSSR count). The van der Waals surface area contributed by atoms with Gasteiger partial charge in [0.05, 0.1) is 24.2 Å². The van der Waals surface area contributed by atoms with Crippen molar-refractivity contribution in [3.05, 3.63) is 34.9 Å². The molecule has 0 N–H and O–H groups in total. The second-order valence-corrected chi connectivity index (χ2v) is 9.71. The molecule has 8 nitrogen and oxygen atoms in total. The van der Waals surface area contributed by atoms with E-state index in [0.29, 0.717) is 25.0 Å². The Morgan fingerprint density at radius 3 is 2.11 bits per heavy atom. The van der Waals surface area contributed by atoms with Gasteiger partial charge < -0.3 is 14.5 Å². The van der Waals surface area contributed by atoms with Crippen LogP contribution in [0.2, 0.25) is 0 Å². The van der Waals surface area contributed by atoms with Crippen LogP contribution in [0.5, 0.6) is 0 Å². The van der Waals surface area contributed by atoms with Gasteiger partial charge in [-0.25, -0.2) is 4.79 Å². The third-order valence-electron chi connectivity index (χ3n) is 5.69. The molecule has 36 heavy (non-hydrogen) atoms. The summed E-state index contributed by atoms with van der Waals surface area (Å²) >= 11 is 0. The minimum atomic E-state index is -4.97. The van der Waals surface area contributed by atoms with Crippen molar-refractivity contribution < 1.29 is 35.9 Å². The Hall–Kier alpha value is -3.06. The summed E-state index contributed by atoms with van der Waals surface area (Å²) in [5, 5.41) is 11.8. The Kier molecular flexibility index (Phi) is 7.47. The van der Waals surface area contributed by atoms with Crippen molar-refractivity contribution >= 4 is 12.0 Å². The number of anilines is 1. The van der Waals surface area contributed by atoms with Crippen molar-refractivity contribution in [2.24, 2.45) is 7.05 Å². The maximum atomic E-state index is 13.4. The van der Waals surface area contributed by atoms with Gasteiger partial charge >= 0.3 is 18.4 Å². The number of ether oxygens (including phenoxy) is 1. The lowest BCUT2D eigenvalue weighted by Gasteiger charge is -2.29. The molecule has 1 fully saturated rings. The van der Waals surface area contributed by atoms with Crippen LogP contribution >= 0.6 is 0 Å². The van der Waals surface area contributed by atoms with Gasteiger partial charge in [0.25, 0.3) is 5.95 Å². The van der Waals surface area contributed by atoms with E-state index in [1.54, 1.807) is 20.8 Å². The van der Waals surface area contributed by atoms with Crippen molar-refractivity contribution in [1.29, 1.82) is 0 Å². The summed E-state index contributed by atoms with van der Waals surface area (Å²) in [7, 11) is 1.48. The number of tetrazole rings is 1. The number of alkyl halides is 6. The number of hydrogen-bond donors (Lipinski definition) is 0. The highest BCUT2D eigenvalue weighted by atomic mass is 19.4. The van der Waals surface area contributed by atoms with Gasteiger partial charge in [0.1, 0.15) is 5.60 Å². The number of halogens is 6. The predicted molar refractivity (Wildman–Crippen MR) is 117 cm³/mol. The van der Waals surface area contributed by atoms with Crippen LogP contribution in [-0.4, -0.2) is 55.4 Å². The van der Waals surface area contributed by atoms with E-state index < -0.39 is 41.2 Å². The molecule has 0 radical (unpaired) electrons. The summed E-state index contributed by atoms with van der Waals surface area (Å²) in [5.41, 5.74) is -3.79. The van der Waals surface area contributed by atoms with E-state index in [4.69, 9.17) is 4.74 Å². The fraction of sp³-hybridized carbons (Fsp3) is 0.636. The highest BCUT2D eigenvalue weighted by Gasteiger charge is 2.41. The maximum Gasteiger partial charge on any atom is 0.416 e. The zero-order valence-electron chi connectivity index (χ0n) is 20.5. The summed E-state index contributed by atoms with van der Waals surface area (Å²) in [5.74, 6) is 0.0226. The number of hydrogen-bond acceptors (Lipinski definition) is 6. The van der Waals surface area contributed by atoms with Crippen LogP contribution in [0.3, 0.4) is 0 Å². The van der Waals surface area contributed by atoms with Crippen LogP contribution in [0.15, 0.2) is 18.2 Å². The van der Waals surface area contributed by atoms with Crippen LogP contribution in [0.1, 0.15) is 57.2 Å². The number of rotatable bonds is 5. The van der Waals surface area contributed by atoms with Crippen molar-refractivity contribution in [1.82, 2.24) is 25.1 Å². The lowest BCUT2D eigenvalue weighted by molar-refractivity contribution is -0.143. The van der Waals surface area contributed by atoms with E-state index in [2.05, 4.69) is 15.4 Å². The van der Waals surface area contributed by atoms with Crippen LogP contribution in [0.25, 0.3) is 0 Å². The summed E-state index contributed by atoms with van der Waals surface area (Å²) in [6.07, 6.45) is -9.54. The maximum absolute atomic E-state index is 13.4. The number of carbonyl (C=O) groups is 1.